The Morgan fingerprint density at radius 2 is 1.81 bits per heavy atom. The van der Waals surface area contributed by atoms with Crippen LogP contribution < -0.4 is 5.32 Å². The van der Waals surface area contributed by atoms with E-state index in [2.05, 4.69) is 17.1 Å². The summed E-state index contributed by atoms with van der Waals surface area (Å²) in [6.45, 7) is 6.98. The molecule has 2 N–H and O–H groups in total. The molecule has 6 heteroatoms. The van der Waals surface area contributed by atoms with E-state index in [4.69, 9.17) is 0 Å². The number of rotatable bonds is 7. The highest BCUT2D eigenvalue weighted by molar-refractivity contribution is 6.05. The lowest BCUT2D eigenvalue weighted by Gasteiger charge is -2.30. The van der Waals surface area contributed by atoms with E-state index in [1.54, 1.807) is 17.0 Å². The lowest BCUT2D eigenvalue weighted by molar-refractivity contribution is -0.124. The molecule has 0 radical (unpaired) electrons. The van der Waals surface area contributed by atoms with Crippen molar-refractivity contribution in [1.82, 2.24) is 15.1 Å². The maximum Gasteiger partial charge on any atom is 0.258 e. The van der Waals surface area contributed by atoms with Gasteiger partial charge in [0.25, 0.3) is 5.91 Å². The Morgan fingerprint density at radius 1 is 1.03 bits per heavy atom. The summed E-state index contributed by atoms with van der Waals surface area (Å²) in [7, 11) is 0. The number of nitrogens with one attached hydrogen (secondary N) is 1. The summed E-state index contributed by atoms with van der Waals surface area (Å²) < 4.78 is 0. The van der Waals surface area contributed by atoms with Gasteiger partial charge in [0.2, 0.25) is 5.91 Å². The van der Waals surface area contributed by atoms with Crippen LogP contribution in [-0.4, -0.2) is 65.5 Å². The van der Waals surface area contributed by atoms with Crippen LogP contribution in [-0.2, 0) is 4.79 Å². The number of carbonyl (C=O) groups is 2. The van der Waals surface area contributed by atoms with Gasteiger partial charge < -0.3 is 20.2 Å². The Hall–Kier alpha value is -2.60. The minimum atomic E-state index is -0.461. The first-order chi connectivity index (χ1) is 15.5. The number of likely N-dealkylation sites (tertiary alicyclic amines) is 2. The van der Waals surface area contributed by atoms with E-state index < -0.39 is 6.04 Å². The quantitative estimate of drug-likeness (QED) is 0.647. The van der Waals surface area contributed by atoms with Crippen molar-refractivity contribution in [3.8, 4) is 5.75 Å². The fourth-order valence-electron chi connectivity index (χ4n) is 4.94. The minimum Gasteiger partial charge on any atom is -0.506 e. The highest BCUT2D eigenvalue weighted by Gasteiger charge is 2.35. The lowest BCUT2D eigenvalue weighted by Crippen LogP contribution is -2.46. The second-order valence-corrected chi connectivity index (χ2v) is 9.36. The van der Waals surface area contributed by atoms with Crippen LogP contribution in [0, 0.1) is 5.92 Å². The van der Waals surface area contributed by atoms with Crippen molar-refractivity contribution >= 4 is 22.6 Å². The topological polar surface area (TPSA) is 72.9 Å². The average Bonchev–Trinajstić information content (AvgIpc) is 3.30. The number of phenolic OH excluding ortho intramolecular Hbond substituents is 1. The number of carbonyl (C=O) groups excluding carboxylic acids is 2. The van der Waals surface area contributed by atoms with E-state index in [-0.39, 0.29) is 23.1 Å². The number of amides is 2. The monoisotopic (exact) mass is 437 g/mol. The fourth-order valence-corrected chi connectivity index (χ4v) is 4.94. The Kier molecular flexibility index (Phi) is 7.30. The van der Waals surface area contributed by atoms with Crippen molar-refractivity contribution in [3.63, 3.8) is 0 Å². The van der Waals surface area contributed by atoms with Crippen LogP contribution in [0.5, 0.6) is 5.75 Å². The molecule has 0 saturated carbocycles. The number of hydrogen-bond acceptors (Lipinski definition) is 4. The molecule has 6 nitrogen and oxygen atoms in total. The fraction of sp³-hybridized carbons (Fsp3) is 0.538. The van der Waals surface area contributed by atoms with Crippen molar-refractivity contribution in [2.45, 2.75) is 51.5 Å². The molecule has 2 aromatic rings. The lowest BCUT2D eigenvalue weighted by atomic mass is 9.99. The SMILES string of the molecule is CC1CCN(CCCCNC(=O)C2CCCN2C(=O)c2ccc3ccccc3c2O)CC1. The van der Waals surface area contributed by atoms with Crippen LogP contribution in [0.15, 0.2) is 36.4 Å². The summed E-state index contributed by atoms with van der Waals surface area (Å²) in [4.78, 5) is 30.1. The Bertz CT molecular complexity index is 952. The Labute approximate surface area is 190 Å². The van der Waals surface area contributed by atoms with Crippen molar-refractivity contribution < 1.29 is 14.7 Å². The first-order valence-corrected chi connectivity index (χ1v) is 12.1. The third kappa shape index (κ3) is 5.07. The molecule has 2 aliphatic heterocycles. The molecule has 0 aromatic heterocycles. The van der Waals surface area contributed by atoms with Gasteiger partial charge in [-0.2, -0.15) is 0 Å². The van der Waals surface area contributed by atoms with Gasteiger partial charge in [-0.15, -0.1) is 0 Å². The summed E-state index contributed by atoms with van der Waals surface area (Å²) in [5, 5.41) is 15.3. The van der Waals surface area contributed by atoms with Gasteiger partial charge in [0.1, 0.15) is 11.8 Å². The molecule has 2 aliphatic rings. The zero-order valence-corrected chi connectivity index (χ0v) is 19.1. The molecule has 2 aromatic carbocycles. The second kappa shape index (κ2) is 10.3. The predicted molar refractivity (Wildman–Crippen MR) is 127 cm³/mol. The number of phenols is 1. The number of aromatic hydroxyl groups is 1. The van der Waals surface area contributed by atoms with Crippen molar-refractivity contribution in [1.29, 1.82) is 0 Å². The molecule has 4 rings (SSSR count). The van der Waals surface area contributed by atoms with Gasteiger partial charge in [-0.25, -0.2) is 0 Å². The average molecular weight is 438 g/mol. The van der Waals surface area contributed by atoms with Gasteiger partial charge in [0.15, 0.2) is 0 Å². The minimum absolute atomic E-state index is 0.00809. The highest BCUT2D eigenvalue weighted by atomic mass is 16.3. The van der Waals surface area contributed by atoms with Crippen molar-refractivity contribution in [2.24, 2.45) is 5.92 Å². The first kappa shape index (κ1) is 22.6. The van der Waals surface area contributed by atoms with Gasteiger partial charge in [-0.3, -0.25) is 9.59 Å². The van der Waals surface area contributed by atoms with E-state index in [0.29, 0.717) is 24.9 Å². The van der Waals surface area contributed by atoms with Crippen molar-refractivity contribution in [2.75, 3.05) is 32.7 Å². The summed E-state index contributed by atoms with van der Waals surface area (Å²) in [5.41, 5.74) is 0.263. The normalized spacial score (nSPS) is 20.0. The largest absolute Gasteiger partial charge is 0.506 e. The molecule has 32 heavy (non-hydrogen) atoms. The van der Waals surface area contributed by atoms with E-state index in [1.165, 1.54) is 25.9 Å². The van der Waals surface area contributed by atoms with Crippen LogP contribution in [0.25, 0.3) is 10.8 Å². The third-order valence-corrected chi connectivity index (χ3v) is 7.02. The smallest absolute Gasteiger partial charge is 0.258 e. The molecule has 0 aliphatic carbocycles. The maximum atomic E-state index is 13.2. The Morgan fingerprint density at radius 3 is 2.62 bits per heavy atom. The molecule has 172 valence electrons. The number of piperidine rings is 1. The number of benzene rings is 2. The van der Waals surface area contributed by atoms with Crippen molar-refractivity contribution in [3.05, 3.63) is 42.0 Å². The van der Waals surface area contributed by atoms with Crippen LogP contribution >= 0.6 is 0 Å². The molecule has 2 amide bonds. The van der Waals surface area contributed by atoms with E-state index in [1.807, 2.05) is 24.3 Å². The molecular formula is C26H35N3O3. The van der Waals surface area contributed by atoms with E-state index in [0.717, 1.165) is 37.1 Å². The number of hydrogen-bond donors (Lipinski definition) is 2. The molecule has 2 heterocycles. The highest BCUT2D eigenvalue weighted by Crippen LogP contribution is 2.31. The second-order valence-electron chi connectivity index (χ2n) is 9.36. The van der Waals surface area contributed by atoms with Gasteiger partial charge in [0, 0.05) is 18.5 Å². The number of nitrogens with zero attached hydrogens (tertiary/aromatic N) is 2. The van der Waals surface area contributed by atoms with E-state index >= 15 is 0 Å². The van der Waals surface area contributed by atoms with Gasteiger partial charge in [-0.05, 0) is 75.5 Å². The summed E-state index contributed by atoms with van der Waals surface area (Å²) in [6, 6.07) is 10.5. The van der Waals surface area contributed by atoms with Gasteiger partial charge in [0.05, 0.1) is 5.56 Å². The summed E-state index contributed by atoms with van der Waals surface area (Å²) in [5.74, 6) is 0.485. The molecule has 1 unspecified atom stereocenters. The standard InChI is InChI=1S/C26H35N3O3/c1-19-12-17-28(18-13-19)15-5-4-14-27-25(31)23-9-6-16-29(23)26(32)22-11-10-20-7-2-3-8-21(20)24(22)30/h2-3,7-8,10-11,19,23,30H,4-6,9,12-18H2,1H3,(H,27,31). The third-order valence-electron chi connectivity index (χ3n) is 7.02. The molecule has 0 bridgehead atoms. The van der Waals surface area contributed by atoms with Crippen LogP contribution in [0.3, 0.4) is 0 Å². The molecule has 1 atom stereocenters. The van der Waals surface area contributed by atoms with E-state index in [9.17, 15) is 14.7 Å². The molecule has 2 saturated heterocycles. The van der Waals surface area contributed by atoms with Gasteiger partial charge >= 0.3 is 0 Å². The van der Waals surface area contributed by atoms with Crippen LogP contribution in [0.4, 0.5) is 0 Å². The van der Waals surface area contributed by atoms with Gasteiger partial charge in [-0.1, -0.05) is 37.3 Å². The maximum absolute atomic E-state index is 13.2. The number of fused-ring (bicyclic) bond motifs is 1. The first-order valence-electron chi connectivity index (χ1n) is 12.1. The Balaban J connectivity index is 1.29. The number of unbranched alkanes of at least 4 members (excludes halogenated alkanes) is 1. The van der Waals surface area contributed by atoms with Crippen LogP contribution in [0.2, 0.25) is 0 Å². The molecule has 2 fully saturated rings. The predicted octanol–water partition coefficient (Wildman–Crippen LogP) is 3.78. The zero-order valence-electron chi connectivity index (χ0n) is 19.1. The summed E-state index contributed by atoms with van der Waals surface area (Å²) in [6.07, 6.45) is 6.06. The summed E-state index contributed by atoms with van der Waals surface area (Å²) >= 11 is 0. The molecular weight excluding hydrogens is 402 g/mol. The van der Waals surface area contributed by atoms with Crippen LogP contribution in [0.1, 0.15) is 55.8 Å². The molecule has 0 spiro atoms. The zero-order chi connectivity index (χ0) is 22.5.